The molecule has 0 spiro atoms. The predicted octanol–water partition coefficient (Wildman–Crippen LogP) is 2.78. The average Bonchev–Trinajstić information content (AvgIpc) is 2.90. The number of carbonyl (C=O) groups excluding carboxylic acids is 1. The largest absolute Gasteiger partial charge is 0.494 e. The minimum Gasteiger partial charge on any atom is -0.494 e. The first-order chi connectivity index (χ1) is 13.3. The Bertz CT molecular complexity index is 812. The zero-order valence-corrected chi connectivity index (χ0v) is 17.0. The van der Waals surface area contributed by atoms with E-state index in [1.807, 2.05) is 56.8 Å². The van der Waals surface area contributed by atoms with Crippen molar-refractivity contribution in [3.8, 4) is 5.75 Å². The summed E-state index contributed by atoms with van der Waals surface area (Å²) in [5.41, 5.74) is 4.18. The van der Waals surface area contributed by atoms with Crippen LogP contribution < -0.4 is 10.1 Å². The van der Waals surface area contributed by atoms with Crippen LogP contribution in [0.3, 0.4) is 0 Å². The van der Waals surface area contributed by atoms with Gasteiger partial charge in [-0.25, -0.2) is 0 Å². The monoisotopic (exact) mass is 387 g/mol. The molecule has 0 bridgehead atoms. The summed E-state index contributed by atoms with van der Waals surface area (Å²) >= 11 is 0. The topological polar surface area (TPSA) is 93.5 Å². The highest BCUT2D eigenvalue weighted by molar-refractivity contribution is 5.78. The molecule has 7 nitrogen and oxygen atoms in total. The van der Waals surface area contributed by atoms with Crippen LogP contribution in [0.1, 0.15) is 42.3 Å². The number of aromatic nitrogens is 2. The van der Waals surface area contributed by atoms with E-state index in [-0.39, 0.29) is 18.2 Å². The van der Waals surface area contributed by atoms with E-state index in [0.717, 1.165) is 22.5 Å². The van der Waals surface area contributed by atoms with Gasteiger partial charge in [0, 0.05) is 31.6 Å². The number of ether oxygens (including phenoxy) is 1. The van der Waals surface area contributed by atoms with Gasteiger partial charge in [0.25, 0.3) is 0 Å². The fourth-order valence-electron chi connectivity index (χ4n) is 2.99. The number of aliphatic carboxylic acids is 1. The number of carboxylic acid groups (broad SMARTS) is 1. The molecular weight excluding hydrogens is 358 g/mol. The maximum Gasteiger partial charge on any atom is 0.303 e. The number of rotatable bonds is 10. The van der Waals surface area contributed by atoms with Crippen molar-refractivity contribution in [1.29, 1.82) is 0 Å². The third-order valence-electron chi connectivity index (χ3n) is 4.81. The summed E-state index contributed by atoms with van der Waals surface area (Å²) in [5.74, 6) is -0.260. The summed E-state index contributed by atoms with van der Waals surface area (Å²) in [6, 6.07) is 7.45. The van der Waals surface area contributed by atoms with Crippen LogP contribution in [0.15, 0.2) is 24.3 Å². The Morgan fingerprint density at radius 1 is 1.25 bits per heavy atom. The third kappa shape index (κ3) is 6.11. The Labute approximate surface area is 165 Å². The van der Waals surface area contributed by atoms with E-state index < -0.39 is 5.97 Å². The summed E-state index contributed by atoms with van der Waals surface area (Å²) in [7, 11) is 1.91. The van der Waals surface area contributed by atoms with Crippen molar-refractivity contribution >= 4 is 11.9 Å². The highest BCUT2D eigenvalue weighted by atomic mass is 16.5. The van der Waals surface area contributed by atoms with Crippen LogP contribution in [0.25, 0.3) is 0 Å². The molecule has 0 radical (unpaired) electrons. The van der Waals surface area contributed by atoms with Gasteiger partial charge in [-0.05, 0) is 49.9 Å². The molecule has 0 saturated carbocycles. The smallest absolute Gasteiger partial charge is 0.303 e. The number of hydrogen-bond acceptors (Lipinski definition) is 4. The van der Waals surface area contributed by atoms with Crippen molar-refractivity contribution in [1.82, 2.24) is 15.1 Å². The number of nitrogens with one attached hydrogen (secondary N) is 1. The van der Waals surface area contributed by atoms with Gasteiger partial charge in [0.05, 0.1) is 12.3 Å². The minimum atomic E-state index is -0.822. The second-order valence-electron chi connectivity index (χ2n) is 7.09. The summed E-state index contributed by atoms with van der Waals surface area (Å²) < 4.78 is 7.36. The summed E-state index contributed by atoms with van der Waals surface area (Å²) in [6.07, 6.45) is 1.24. The Hall–Kier alpha value is -2.83. The number of carbonyl (C=O) groups is 2. The average molecular weight is 387 g/mol. The van der Waals surface area contributed by atoms with Gasteiger partial charge >= 0.3 is 5.97 Å². The molecule has 28 heavy (non-hydrogen) atoms. The van der Waals surface area contributed by atoms with Crippen LogP contribution in [0, 0.1) is 19.8 Å². The molecule has 0 aliphatic heterocycles. The molecule has 1 aromatic carbocycles. The molecule has 1 heterocycles. The molecule has 1 aromatic heterocycles. The quantitative estimate of drug-likeness (QED) is 0.612. The molecular formula is C21H29N3O4. The van der Waals surface area contributed by atoms with Gasteiger partial charge in [0.15, 0.2) is 0 Å². The highest BCUT2D eigenvalue weighted by Crippen LogP contribution is 2.17. The summed E-state index contributed by atoms with van der Waals surface area (Å²) in [5, 5.41) is 16.0. The van der Waals surface area contributed by atoms with E-state index >= 15 is 0 Å². The Morgan fingerprint density at radius 2 is 1.93 bits per heavy atom. The van der Waals surface area contributed by atoms with Crippen LogP contribution in [-0.4, -0.2) is 33.4 Å². The minimum absolute atomic E-state index is 0.0108. The first-order valence-electron chi connectivity index (χ1n) is 9.48. The van der Waals surface area contributed by atoms with Crippen LogP contribution in [-0.2, 0) is 29.6 Å². The van der Waals surface area contributed by atoms with E-state index in [0.29, 0.717) is 31.7 Å². The van der Waals surface area contributed by atoms with E-state index in [4.69, 9.17) is 9.84 Å². The number of benzene rings is 1. The molecule has 1 amide bonds. The lowest BCUT2D eigenvalue weighted by Crippen LogP contribution is -2.30. The van der Waals surface area contributed by atoms with E-state index in [1.54, 1.807) is 0 Å². The van der Waals surface area contributed by atoms with Gasteiger partial charge in [0.2, 0.25) is 5.91 Å². The zero-order chi connectivity index (χ0) is 20.7. The first kappa shape index (κ1) is 21.5. The van der Waals surface area contributed by atoms with Gasteiger partial charge in [-0.15, -0.1) is 0 Å². The number of carboxylic acids is 1. The van der Waals surface area contributed by atoms with Gasteiger partial charge in [-0.1, -0.05) is 19.1 Å². The number of aryl methyl sites for hydroxylation is 2. The number of hydrogen-bond donors (Lipinski definition) is 2. The predicted molar refractivity (Wildman–Crippen MR) is 106 cm³/mol. The van der Waals surface area contributed by atoms with Crippen LogP contribution >= 0.6 is 0 Å². The van der Waals surface area contributed by atoms with Crippen LogP contribution in [0.5, 0.6) is 5.75 Å². The maximum absolute atomic E-state index is 12.4. The Morgan fingerprint density at radius 3 is 2.50 bits per heavy atom. The van der Waals surface area contributed by atoms with Crippen molar-refractivity contribution in [2.45, 2.75) is 46.6 Å². The van der Waals surface area contributed by atoms with Crippen molar-refractivity contribution in [2.75, 3.05) is 6.61 Å². The SMILES string of the molecule is Cc1nn(C)c(C)c1CC(C)C(=O)NCc1ccc(OCCCC(=O)O)cc1. The summed E-state index contributed by atoms with van der Waals surface area (Å²) in [6.45, 7) is 6.74. The Kier molecular flexibility index (Phi) is 7.61. The molecule has 152 valence electrons. The second kappa shape index (κ2) is 9.92. The van der Waals surface area contributed by atoms with Crippen molar-refractivity contribution in [3.63, 3.8) is 0 Å². The molecule has 2 N–H and O–H groups in total. The molecule has 1 atom stereocenters. The highest BCUT2D eigenvalue weighted by Gasteiger charge is 2.18. The maximum atomic E-state index is 12.4. The molecule has 0 aliphatic rings. The lowest BCUT2D eigenvalue weighted by Gasteiger charge is -2.13. The normalized spacial score (nSPS) is 11.9. The fraction of sp³-hybridized carbons (Fsp3) is 0.476. The fourth-order valence-corrected chi connectivity index (χ4v) is 2.99. The van der Waals surface area contributed by atoms with Gasteiger partial charge < -0.3 is 15.2 Å². The van der Waals surface area contributed by atoms with Crippen molar-refractivity contribution < 1.29 is 19.4 Å². The lowest BCUT2D eigenvalue weighted by atomic mass is 9.99. The molecule has 0 saturated heterocycles. The van der Waals surface area contributed by atoms with Gasteiger partial charge in [-0.3, -0.25) is 14.3 Å². The molecule has 2 aromatic rings. The first-order valence-corrected chi connectivity index (χ1v) is 9.48. The van der Waals surface area contributed by atoms with Gasteiger partial charge in [0.1, 0.15) is 5.75 Å². The Balaban J connectivity index is 1.79. The van der Waals surface area contributed by atoms with Crippen molar-refractivity contribution in [2.24, 2.45) is 13.0 Å². The van der Waals surface area contributed by atoms with E-state index in [9.17, 15) is 9.59 Å². The van der Waals surface area contributed by atoms with Crippen LogP contribution in [0.2, 0.25) is 0 Å². The third-order valence-corrected chi connectivity index (χ3v) is 4.81. The molecule has 2 rings (SSSR count). The number of nitrogens with zero attached hydrogens (tertiary/aromatic N) is 2. The van der Waals surface area contributed by atoms with Crippen LogP contribution in [0.4, 0.5) is 0 Å². The standard InChI is InChI=1S/C21H29N3O4/c1-14(12-19-15(2)23-24(4)16(19)3)21(27)22-13-17-7-9-18(10-8-17)28-11-5-6-20(25)26/h7-10,14H,5-6,11-13H2,1-4H3,(H,22,27)(H,25,26). The molecule has 0 aliphatic carbocycles. The molecule has 1 unspecified atom stereocenters. The van der Waals surface area contributed by atoms with Crippen molar-refractivity contribution in [3.05, 3.63) is 46.8 Å². The lowest BCUT2D eigenvalue weighted by molar-refractivity contribution is -0.137. The zero-order valence-electron chi connectivity index (χ0n) is 17.0. The van der Waals surface area contributed by atoms with E-state index in [2.05, 4.69) is 10.4 Å². The molecule has 0 fully saturated rings. The molecule has 7 heteroatoms. The van der Waals surface area contributed by atoms with Gasteiger partial charge in [-0.2, -0.15) is 5.10 Å². The van der Waals surface area contributed by atoms with E-state index in [1.165, 1.54) is 0 Å². The second-order valence-corrected chi connectivity index (χ2v) is 7.09. The number of amides is 1. The summed E-state index contributed by atoms with van der Waals surface area (Å²) in [4.78, 5) is 22.9.